The average molecular weight is 320 g/mol. The van der Waals surface area contributed by atoms with Crippen molar-refractivity contribution in [2.75, 3.05) is 11.9 Å². The highest BCUT2D eigenvalue weighted by atomic mass is 16.3. The minimum Gasteiger partial charge on any atom is -0.391 e. The first-order chi connectivity index (χ1) is 10.6. The topological polar surface area (TPSA) is 78.4 Å². The van der Waals surface area contributed by atoms with E-state index in [9.17, 15) is 14.7 Å². The van der Waals surface area contributed by atoms with Gasteiger partial charge in [0.05, 0.1) is 6.10 Å². The Balaban J connectivity index is 2.65. The van der Waals surface area contributed by atoms with Crippen molar-refractivity contribution in [1.29, 1.82) is 0 Å². The molecule has 23 heavy (non-hydrogen) atoms. The van der Waals surface area contributed by atoms with E-state index in [-0.39, 0.29) is 12.0 Å². The molecular formula is C18H28N2O3. The largest absolute Gasteiger partial charge is 0.391 e. The van der Waals surface area contributed by atoms with Crippen LogP contribution in [-0.2, 0) is 15.0 Å². The Morgan fingerprint density at radius 3 is 2.30 bits per heavy atom. The number of para-hydroxylation sites is 1. The Labute approximate surface area is 138 Å². The van der Waals surface area contributed by atoms with Gasteiger partial charge in [-0.05, 0) is 29.4 Å². The maximum atomic E-state index is 12.0. The molecule has 0 radical (unpaired) electrons. The fourth-order valence-corrected chi connectivity index (χ4v) is 2.34. The third kappa shape index (κ3) is 6.40. The van der Waals surface area contributed by atoms with Gasteiger partial charge in [0.15, 0.2) is 0 Å². The van der Waals surface area contributed by atoms with E-state index in [1.54, 1.807) is 6.07 Å². The quantitative estimate of drug-likeness (QED) is 0.729. The van der Waals surface area contributed by atoms with Crippen molar-refractivity contribution in [1.82, 2.24) is 5.32 Å². The van der Waals surface area contributed by atoms with Crippen LogP contribution in [0.3, 0.4) is 0 Å². The normalized spacial score (nSPS) is 12.8. The molecule has 3 N–H and O–H groups in total. The molecule has 0 bridgehead atoms. The lowest BCUT2D eigenvalue weighted by Gasteiger charge is -2.22. The highest BCUT2D eigenvalue weighted by Gasteiger charge is 2.21. The van der Waals surface area contributed by atoms with Gasteiger partial charge in [0, 0.05) is 12.2 Å². The van der Waals surface area contributed by atoms with Crippen molar-refractivity contribution >= 4 is 17.5 Å². The van der Waals surface area contributed by atoms with Crippen molar-refractivity contribution < 1.29 is 14.7 Å². The van der Waals surface area contributed by atoms with Gasteiger partial charge in [-0.3, -0.25) is 9.59 Å². The molecule has 0 spiro atoms. The van der Waals surface area contributed by atoms with Gasteiger partial charge in [-0.2, -0.15) is 0 Å². The lowest BCUT2D eigenvalue weighted by atomic mass is 9.86. The number of anilines is 1. The van der Waals surface area contributed by atoms with Crippen LogP contribution in [0.15, 0.2) is 24.3 Å². The Bertz CT molecular complexity index is 547. The number of nitrogens with one attached hydrogen (secondary N) is 2. The van der Waals surface area contributed by atoms with Crippen molar-refractivity contribution in [2.45, 2.75) is 52.6 Å². The SMILES string of the molecule is CC(C)CC(O)CNC(=O)C(=O)Nc1ccccc1C(C)(C)C. The standard InChI is InChI=1S/C18H28N2O3/c1-12(2)10-13(21)11-19-16(22)17(23)20-15-9-7-6-8-14(15)18(3,4)5/h6-9,12-13,21H,10-11H2,1-5H3,(H,19,22)(H,20,23). The average Bonchev–Trinajstić information content (AvgIpc) is 2.43. The first kappa shape index (κ1) is 19.2. The third-order valence-corrected chi connectivity index (χ3v) is 3.43. The second-order valence-electron chi connectivity index (χ2n) is 7.24. The van der Waals surface area contributed by atoms with Crippen LogP contribution >= 0.6 is 0 Å². The Kier molecular flexibility index (Phi) is 6.76. The highest BCUT2D eigenvalue weighted by Crippen LogP contribution is 2.29. The van der Waals surface area contributed by atoms with Gasteiger partial charge >= 0.3 is 11.8 Å². The summed E-state index contributed by atoms with van der Waals surface area (Å²) < 4.78 is 0. The van der Waals surface area contributed by atoms with E-state index >= 15 is 0 Å². The molecule has 1 aromatic carbocycles. The first-order valence-corrected chi connectivity index (χ1v) is 7.98. The number of rotatable bonds is 5. The number of hydrogen-bond acceptors (Lipinski definition) is 3. The van der Waals surface area contributed by atoms with Gasteiger partial charge in [-0.15, -0.1) is 0 Å². The molecule has 0 heterocycles. The van der Waals surface area contributed by atoms with Crippen LogP contribution in [0.25, 0.3) is 0 Å². The highest BCUT2D eigenvalue weighted by molar-refractivity contribution is 6.39. The van der Waals surface area contributed by atoms with E-state index in [0.29, 0.717) is 18.0 Å². The monoisotopic (exact) mass is 320 g/mol. The number of benzene rings is 1. The number of aliphatic hydroxyl groups is 1. The molecule has 1 aromatic rings. The van der Waals surface area contributed by atoms with Crippen LogP contribution in [0.5, 0.6) is 0 Å². The molecule has 0 aromatic heterocycles. The molecular weight excluding hydrogens is 292 g/mol. The van der Waals surface area contributed by atoms with Crippen LogP contribution in [0, 0.1) is 5.92 Å². The van der Waals surface area contributed by atoms with Crippen LogP contribution < -0.4 is 10.6 Å². The van der Waals surface area contributed by atoms with Crippen LogP contribution in [-0.4, -0.2) is 29.6 Å². The summed E-state index contributed by atoms with van der Waals surface area (Å²) in [7, 11) is 0. The van der Waals surface area contributed by atoms with E-state index < -0.39 is 17.9 Å². The number of hydrogen-bond donors (Lipinski definition) is 3. The minimum atomic E-state index is -0.739. The van der Waals surface area contributed by atoms with Crippen molar-refractivity contribution in [2.24, 2.45) is 5.92 Å². The molecule has 1 atom stereocenters. The van der Waals surface area contributed by atoms with Crippen LogP contribution in [0.2, 0.25) is 0 Å². The number of amides is 2. The zero-order chi connectivity index (χ0) is 17.6. The van der Waals surface area contributed by atoms with Gasteiger partial charge in [0.1, 0.15) is 0 Å². The Morgan fingerprint density at radius 1 is 1.13 bits per heavy atom. The molecule has 0 aliphatic heterocycles. The molecule has 0 aliphatic rings. The lowest BCUT2D eigenvalue weighted by molar-refractivity contribution is -0.136. The summed E-state index contributed by atoms with van der Waals surface area (Å²) in [6.45, 7) is 10.2. The van der Waals surface area contributed by atoms with Crippen molar-refractivity contribution in [3.05, 3.63) is 29.8 Å². The van der Waals surface area contributed by atoms with Gasteiger partial charge in [0.25, 0.3) is 0 Å². The predicted molar refractivity (Wildman–Crippen MR) is 92.2 cm³/mol. The summed E-state index contributed by atoms with van der Waals surface area (Å²) in [5.74, 6) is -1.13. The Hall–Kier alpha value is -1.88. The van der Waals surface area contributed by atoms with Crippen molar-refractivity contribution in [3.63, 3.8) is 0 Å². The van der Waals surface area contributed by atoms with E-state index in [2.05, 4.69) is 10.6 Å². The summed E-state index contributed by atoms with van der Waals surface area (Å²) in [6, 6.07) is 7.42. The lowest BCUT2D eigenvalue weighted by Crippen LogP contribution is -2.40. The molecule has 0 saturated carbocycles. The summed E-state index contributed by atoms with van der Waals surface area (Å²) >= 11 is 0. The number of carbonyl (C=O) groups is 2. The summed E-state index contributed by atoms with van der Waals surface area (Å²) in [5.41, 5.74) is 1.44. The van der Waals surface area contributed by atoms with E-state index in [1.165, 1.54) is 0 Å². The van der Waals surface area contributed by atoms with Gasteiger partial charge in [-0.1, -0.05) is 52.8 Å². The minimum absolute atomic E-state index is 0.0748. The smallest absolute Gasteiger partial charge is 0.313 e. The fourth-order valence-electron chi connectivity index (χ4n) is 2.34. The maximum absolute atomic E-state index is 12.0. The maximum Gasteiger partial charge on any atom is 0.313 e. The van der Waals surface area contributed by atoms with Crippen molar-refractivity contribution in [3.8, 4) is 0 Å². The molecule has 0 aliphatic carbocycles. The number of carbonyl (C=O) groups excluding carboxylic acids is 2. The predicted octanol–water partition coefficient (Wildman–Crippen LogP) is 2.45. The zero-order valence-corrected chi connectivity index (χ0v) is 14.6. The molecule has 5 nitrogen and oxygen atoms in total. The second kappa shape index (κ2) is 8.11. The fraction of sp³-hybridized carbons (Fsp3) is 0.556. The summed E-state index contributed by atoms with van der Waals surface area (Å²) in [5, 5.41) is 14.9. The molecule has 0 saturated heterocycles. The molecule has 5 heteroatoms. The number of aliphatic hydroxyl groups excluding tert-OH is 1. The van der Waals surface area contributed by atoms with E-state index in [1.807, 2.05) is 52.8 Å². The van der Waals surface area contributed by atoms with Gasteiger partial charge in [-0.25, -0.2) is 0 Å². The molecule has 1 rings (SSSR count). The zero-order valence-electron chi connectivity index (χ0n) is 14.6. The van der Waals surface area contributed by atoms with E-state index in [0.717, 1.165) is 5.56 Å². The molecule has 0 fully saturated rings. The molecule has 1 unspecified atom stereocenters. The van der Waals surface area contributed by atoms with Crippen LogP contribution in [0.1, 0.15) is 46.6 Å². The summed E-state index contributed by atoms with van der Waals surface area (Å²) in [4.78, 5) is 23.9. The molecule has 128 valence electrons. The first-order valence-electron chi connectivity index (χ1n) is 7.98. The van der Waals surface area contributed by atoms with Crippen LogP contribution in [0.4, 0.5) is 5.69 Å². The third-order valence-electron chi connectivity index (χ3n) is 3.43. The Morgan fingerprint density at radius 2 is 1.74 bits per heavy atom. The van der Waals surface area contributed by atoms with Gasteiger partial charge < -0.3 is 15.7 Å². The van der Waals surface area contributed by atoms with Gasteiger partial charge in [0.2, 0.25) is 0 Å². The molecule has 2 amide bonds. The van der Waals surface area contributed by atoms with E-state index in [4.69, 9.17) is 0 Å². The summed E-state index contributed by atoms with van der Waals surface area (Å²) in [6.07, 6.45) is -0.0667. The second-order valence-corrected chi connectivity index (χ2v) is 7.24.